The molecule has 0 atom stereocenters. The summed E-state index contributed by atoms with van der Waals surface area (Å²) in [5, 5.41) is 1.40. The van der Waals surface area contributed by atoms with Gasteiger partial charge in [0.15, 0.2) is 0 Å². The van der Waals surface area contributed by atoms with Gasteiger partial charge in [0.25, 0.3) is 6.71 Å². The zero-order valence-electron chi connectivity index (χ0n) is 47.5. The highest BCUT2D eigenvalue weighted by Gasteiger charge is 2.51. The van der Waals surface area contributed by atoms with E-state index in [0.717, 1.165) is 5.92 Å². The highest BCUT2D eigenvalue weighted by atomic mass is 32.1. The van der Waals surface area contributed by atoms with Gasteiger partial charge in [0, 0.05) is 43.3 Å². The number of hydrogen-bond donors (Lipinski definition) is 0. The quantitative estimate of drug-likeness (QED) is 0.147. The van der Waals surface area contributed by atoms with Gasteiger partial charge in [-0.15, -0.1) is 11.3 Å². The maximum Gasteiger partial charge on any atom is 0.264 e. The van der Waals surface area contributed by atoms with E-state index in [-0.39, 0.29) is 44.6 Å². The van der Waals surface area contributed by atoms with E-state index in [0.29, 0.717) is 0 Å². The summed E-state index contributed by atoms with van der Waals surface area (Å²) in [5.41, 5.74) is 22.2. The van der Waals surface area contributed by atoms with Crippen molar-refractivity contribution in [2.75, 3.05) is 9.80 Å². The molecule has 378 valence electrons. The molecular formula is C68H87BN2S. The first-order valence-electron chi connectivity index (χ1n) is 28.7. The Labute approximate surface area is 440 Å². The Bertz CT molecular complexity index is 3040. The summed E-state index contributed by atoms with van der Waals surface area (Å²) >= 11 is 2.08. The molecule has 4 heteroatoms. The van der Waals surface area contributed by atoms with E-state index in [4.69, 9.17) is 0 Å². The van der Waals surface area contributed by atoms with Crippen molar-refractivity contribution >= 4 is 78.0 Å². The Morgan fingerprint density at radius 3 is 1.51 bits per heavy atom. The Kier molecular flexibility index (Phi) is 11.7. The molecule has 0 spiro atoms. The summed E-state index contributed by atoms with van der Waals surface area (Å²) in [5.74, 6) is 0.892. The predicted octanol–water partition coefficient (Wildman–Crippen LogP) is 18.3. The van der Waals surface area contributed by atoms with E-state index < -0.39 is 0 Å². The lowest BCUT2D eigenvalue weighted by Gasteiger charge is -2.51. The molecule has 3 saturated carbocycles. The van der Waals surface area contributed by atoms with Crippen molar-refractivity contribution in [1.29, 1.82) is 0 Å². The van der Waals surface area contributed by atoms with Crippen molar-refractivity contribution in [2.45, 2.75) is 226 Å². The standard InChI is InChI=1S/C68H87BN2S/c1-17-66(18-2)33-34-67(19-3,20-4)53-42-55-54(41-52(53)66)69-59-56(70(55)50-36-46(64(11,12)13)35-47(37-50)65(14,15)16)39-48(68-30-27-43(28-31-68)29-32-68)40-57(59)71(49-24-21-44(22-25-49)62(5,6)7)60-51-38-45(63(8,9)10)23-26-58(51)72-61(60)69/h21-26,35-43H,17-20,27-34H2,1-16H3. The van der Waals surface area contributed by atoms with Crippen LogP contribution in [0.4, 0.5) is 34.1 Å². The lowest BCUT2D eigenvalue weighted by Crippen LogP contribution is -2.61. The minimum atomic E-state index is -0.0245. The zero-order valence-corrected chi connectivity index (χ0v) is 48.3. The number of benzene rings is 5. The Morgan fingerprint density at radius 1 is 0.500 bits per heavy atom. The molecule has 2 nitrogen and oxygen atoms in total. The van der Waals surface area contributed by atoms with E-state index in [9.17, 15) is 0 Å². The molecule has 2 bridgehead atoms. The van der Waals surface area contributed by atoms with Gasteiger partial charge in [0.1, 0.15) is 0 Å². The molecule has 0 radical (unpaired) electrons. The van der Waals surface area contributed by atoms with E-state index in [1.807, 2.05) is 0 Å². The molecule has 72 heavy (non-hydrogen) atoms. The number of rotatable bonds is 7. The Morgan fingerprint density at radius 2 is 1.00 bits per heavy atom. The van der Waals surface area contributed by atoms with Gasteiger partial charge in [0.2, 0.25) is 0 Å². The van der Waals surface area contributed by atoms with Gasteiger partial charge in [-0.3, -0.25) is 0 Å². The first kappa shape index (κ1) is 49.9. The molecule has 0 amide bonds. The lowest BCUT2D eigenvalue weighted by atomic mass is 9.35. The molecule has 6 aromatic rings. The fourth-order valence-corrected chi connectivity index (χ4v) is 16.1. The zero-order chi connectivity index (χ0) is 51.3. The van der Waals surface area contributed by atoms with Crippen LogP contribution in [0.2, 0.25) is 0 Å². The van der Waals surface area contributed by atoms with Crippen LogP contribution in [0.15, 0.2) is 84.9 Å². The summed E-state index contributed by atoms with van der Waals surface area (Å²) < 4.78 is 2.89. The van der Waals surface area contributed by atoms with Crippen LogP contribution < -0.4 is 25.5 Å². The molecule has 2 aliphatic heterocycles. The highest BCUT2D eigenvalue weighted by molar-refractivity contribution is 7.33. The van der Waals surface area contributed by atoms with Crippen molar-refractivity contribution in [3.8, 4) is 0 Å². The lowest BCUT2D eigenvalue weighted by molar-refractivity contribution is 0.136. The van der Waals surface area contributed by atoms with Gasteiger partial charge in [-0.2, -0.15) is 0 Å². The largest absolute Gasteiger partial charge is 0.311 e. The molecule has 6 aliphatic rings. The number of thiophene rings is 1. The number of anilines is 6. The minimum absolute atomic E-state index is 0.0211. The van der Waals surface area contributed by atoms with Gasteiger partial charge in [-0.25, -0.2) is 0 Å². The van der Waals surface area contributed by atoms with Crippen molar-refractivity contribution in [2.24, 2.45) is 5.92 Å². The molecule has 4 aliphatic carbocycles. The third-order valence-electron chi connectivity index (χ3n) is 20.2. The second-order valence-corrected chi connectivity index (χ2v) is 29.2. The maximum absolute atomic E-state index is 2.85. The van der Waals surface area contributed by atoms with Gasteiger partial charge in [-0.1, -0.05) is 141 Å². The van der Waals surface area contributed by atoms with Crippen LogP contribution in [-0.2, 0) is 37.9 Å². The van der Waals surface area contributed by atoms with Gasteiger partial charge in [-0.05, 0) is 225 Å². The van der Waals surface area contributed by atoms with Crippen molar-refractivity contribution < 1.29 is 0 Å². The van der Waals surface area contributed by atoms with Crippen molar-refractivity contribution in [3.63, 3.8) is 0 Å². The van der Waals surface area contributed by atoms with E-state index in [1.54, 1.807) is 16.7 Å². The molecule has 1 aromatic heterocycles. The molecular weight excluding hydrogens is 888 g/mol. The molecule has 5 aromatic carbocycles. The topological polar surface area (TPSA) is 6.48 Å². The van der Waals surface area contributed by atoms with E-state index in [1.165, 1.54) is 159 Å². The van der Waals surface area contributed by atoms with Crippen LogP contribution in [0.1, 0.15) is 227 Å². The third kappa shape index (κ3) is 7.65. The number of nitrogens with zero attached hydrogens (tertiary/aromatic N) is 2. The minimum Gasteiger partial charge on any atom is -0.311 e. The summed E-state index contributed by atoms with van der Waals surface area (Å²) in [6.07, 6.45) is 15.2. The van der Waals surface area contributed by atoms with Crippen LogP contribution in [-0.4, -0.2) is 6.71 Å². The van der Waals surface area contributed by atoms with Crippen LogP contribution in [0.3, 0.4) is 0 Å². The monoisotopic (exact) mass is 975 g/mol. The average Bonchev–Trinajstić information content (AvgIpc) is 3.73. The fourth-order valence-electron chi connectivity index (χ4n) is 14.8. The average molecular weight is 975 g/mol. The number of fused-ring (bicyclic) bond motifs is 10. The SMILES string of the molecule is CCC1(CC)CCC(CC)(CC)c2cc3c(cc21)B1c2sc4ccc(C(C)(C)C)cc4c2N(c2ccc(C(C)(C)C)cc2)c2cc(C45CCC(CC4)CC5)cc(c21)N3c1cc(C(C)(C)C)cc(C(C)(C)C)c1. The van der Waals surface area contributed by atoms with Gasteiger partial charge >= 0.3 is 0 Å². The smallest absolute Gasteiger partial charge is 0.264 e. The molecule has 12 rings (SSSR count). The highest BCUT2D eigenvalue weighted by Crippen LogP contribution is 2.58. The first-order valence-corrected chi connectivity index (χ1v) is 29.5. The molecule has 3 fully saturated rings. The molecule has 0 N–H and O–H groups in total. The van der Waals surface area contributed by atoms with E-state index in [2.05, 4.69) is 217 Å². The van der Waals surface area contributed by atoms with Crippen LogP contribution >= 0.6 is 11.3 Å². The summed E-state index contributed by atoms with van der Waals surface area (Å²) in [4.78, 5) is 5.64. The van der Waals surface area contributed by atoms with Crippen molar-refractivity contribution in [3.05, 3.63) is 124 Å². The maximum atomic E-state index is 2.85. The molecule has 0 unspecified atom stereocenters. The molecule has 3 heterocycles. The summed E-state index contributed by atoms with van der Waals surface area (Å²) in [6.45, 7) is 38.8. The Hall–Kier alpha value is -4.28. The van der Waals surface area contributed by atoms with Crippen molar-refractivity contribution in [1.82, 2.24) is 0 Å². The number of hydrogen-bond acceptors (Lipinski definition) is 3. The van der Waals surface area contributed by atoms with Crippen LogP contribution in [0.5, 0.6) is 0 Å². The van der Waals surface area contributed by atoms with E-state index >= 15 is 0 Å². The van der Waals surface area contributed by atoms with Crippen LogP contribution in [0, 0.1) is 5.92 Å². The third-order valence-corrected chi connectivity index (χ3v) is 21.4. The van der Waals surface area contributed by atoms with Crippen LogP contribution in [0.25, 0.3) is 10.1 Å². The fraction of sp³-hybridized carbons (Fsp3) is 0.529. The van der Waals surface area contributed by atoms with Gasteiger partial charge in [0.05, 0.1) is 5.69 Å². The Balaban J connectivity index is 1.33. The normalized spacial score (nSPS) is 21.2. The van der Waals surface area contributed by atoms with Gasteiger partial charge < -0.3 is 9.80 Å². The second-order valence-electron chi connectivity index (χ2n) is 28.1. The molecule has 0 saturated heterocycles. The predicted molar refractivity (Wildman–Crippen MR) is 317 cm³/mol. The first-order chi connectivity index (χ1) is 33.9. The second kappa shape index (κ2) is 16.9. The summed E-state index contributed by atoms with van der Waals surface area (Å²) in [7, 11) is 0. The summed E-state index contributed by atoms with van der Waals surface area (Å²) in [6, 6.07) is 36.2.